The van der Waals surface area contributed by atoms with Crippen LogP contribution >= 0.6 is 0 Å². The maximum atomic E-state index is 13.1. The number of Topliss-reactive ketones (excluding diaryl/α,β-unsaturated/α-hetero) is 1. The third-order valence-electron chi connectivity index (χ3n) is 1.79. The van der Waals surface area contributed by atoms with Gasteiger partial charge in [0, 0.05) is 6.07 Å². The molecule has 0 saturated carbocycles. The molecule has 0 aliphatic rings. The summed E-state index contributed by atoms with van der Waals surface area (Å²) in [5, 5.41) is 1.60. The number of rotatable bonds is 3. The molecule has 0 aliphatic heterocycles. The fourth-order valence-electron chi connectivity index (χ4n) is 1.09. The quantitative estimate of drug-likeness (QED) is 0.507. The molecule has 3 nitrogen and oxygen atoms in total. The largest absolute Gasteiger partial charge is 0.321 e. The van der Waals surface area contributed by atoms with Crippen LogP contribution in [0, 0.1) is 23.3 Å². The van der Waals surface area contributed by atoms with Crippen molar-refractivity contribution in [3.8, 4) is 0 Å². The second-order valence-corrected chi connectivity index (χ2v) is 3.27. The first-order valence-electron chi connectivity index (χ1n) is 4.45. The predicted molar refractivity (Wildman–Crippen MR) is 50.2 cm³/mol. The van der Waals surface area contributed by atoms with E-state index in [2.05, 4.69) is 0 Å². The normalized spacial score (nSPS) is 10.2. The summed E-state index contributed by atoms with van der Waals surface area (Å²) in [6, 6.07) is 0.0191. The van der Waals surface area contributed by atoms with Gasteiger partial charge in [0.25, 0.3) is 0 Å². The van der Waals surface area contributed by atoms with Gasteiger partial charge in [-0.2, -0.15) is 0 Å². The van der Waals surface area contributed by atoms with E-state index >= 15 is 0 Å². The Hall–Kier alpha value is -1.92. The molecule has 17 heavy (non-hydrogen) atoms. The maximum absolute atomic E-state index is 13.1. The highest BCUT2D eigenvalue weighted by molar-refractivity contribution is 6.03. The standard InChI is InChI=1S/C10H7F4NO2/c1-4(16)2-7(17)15-10-8(13)5(11)3-6(12)9(10)14/h3H,2H2,1H3,(H,15,17). The van der Waals surface area contributed by atoms with Crippen LogP contribution in [0.2, 0.25) is 0 Å². The molecule has 0 spiro atoms. The predicted octanol–water partition coefficient (Wildman–Crippen LogP) is 2.16. The minimum atomic E-state index is -1.72. The van der Waals surface area contributed by atoms with Crippen molar-refractivity contribution < 1.29 is 27.2 Å². The summed E-state index contributed by atoms with van der Waals surface area (Å²) >= 11 is 0. The van der Waals surface area contributed by atoms with Crippen molar-refractivity contribution >= 4 is 17.4 Å². The Bertz CT molecular complexity index is 461. The van der Waals surface area contributed by atoms with Gasteiger partial charge in [-0.25, -0.2) is 17.6 Å². The number of halogens is 4. The highest BCUT2D eigenvalue weighted by Crippen LogP contribution is 2.24. The zero-order chi connectivity index (χ0) is 13.2. The minimum absolute atomic E-state index is 0.0191. The van der Waals surface area contributed by atoms with Gasteiger partial charge in [0.2, 0.25) is 5.91 Å². The lowest BCUT2D eigenvalue weighted by Gasteiger charge is -2.07. The molecule has 1 amide bonds. The second-order valence-electron chi connectivity index (χ2n) is 3.27. The van der Waals surface area contributed by atoms with E-state index in [4.69, 9.17) is 0 Å². The average Bonchev–Trinajstić information content (AvgIpc) is 2.20. The van der Waals surface area contributed by atoms with Crippen LogP contribution in [0.4, 0.5) is 23.2 Å². The van der Waals surface area contributed by atoms with Gasteiger partial charge in [0.1, 0.15) is 11.5 Å². The molecule has 1 N–H and O–H groups in total. The molecule has 0 aliphatic carbocycles. The zero-order valence-corrected chi connectivity index (χ0v) is 8.61. The van der Waals surface area contributed by atoms with Crippen LogP contribution in [0.1, 0.15) is 13.3 Å². The molecule has 1 aromatic rings. The lowest BCUT2D eigenvalue weighted by molar-refractivity contribution is -0.124. The topological polar surface area (TPSA) is 46.2 Å². The summed E-state index contributed by atoms with van der Waals surface area (Å²) < 4.78 is 51.6. The summed E-state index contributed by atoms with van der Waals surface area (Å²) in [7, 11) is 0. The van der Waals surface area contributed by atoms with Crippen LogP contribution in [0.15, 0.2) is 6.07 Å². The molecule has 1 rings (SSSR count). The Balaban J connectivity index is 3.06. The molecule has 7 heteroatoms. The number of anilines is 1. The summed E-state index contributed by atoms with van der Waals surface area (Å²) in [5.74, 6) is -8.33. The number of carbonyl (C=O) groups excluding carboxylic acids is 2. The van der Waals surface area contributed by atoms with Crippen molar-refractivity contribution in [1.82, 2.24) is 0 Å². The van der Waals surface area contributed by atoms with Crippen LogP contribution in [0.3, 0.4) is 0 Å². The Labute approximate surface area is 93.4 Å². The SMILES string of the molecule is CC(=O)CC(=O)Nc1c(F)c(F)cc(F)c1F. The van der Waals surface area contributed by atoms with E-state index in [1.165, 1.54) is 0 Å². The van der Waals surface area contributed by atoms with Crippen LogP contribution < -0.4 is 5.32 Å². The smallest absolute Gasteiger partial charge is 0.231 e. The Morgan fingerprint density at radius 3 is 2.00 bits per heavy atom. The van der Waals surface area contributed by atoms with Crippen molar-refractivity contribution in [2.75, 3.05) is 5.32 Å². The Morgan fingerprint density at radius 1 is 1.12 bits per heavy atom. The van der Waals surface area contributed by atoms with Gasteiger partial charge in [0.05, 0.1) is 6.42 Å². The maximum Gasteiger partial charge on any atom is 0.231 e. The van der Waals surface area contributed by atoms with Crippen molar-refractivity contribution in [1.29, 1.82) is 0 Å². The molecule has 0 bridgehead atoms. The third-order valence-corrected chi connectivity index (χ3v) is 1.79. The van der Waals surface area contributed by atoms with Crippen LogP contribution in [0.25, 0.3) is 0 Å². The van der Waals surface area contributed by atoms with Gasteiger partial charge in [-0.1, -0.05) is 0 Å². The van der Waals surface area contributed by atoms with Gasteiger partial charge in [-0.15, -0.1) is 0 Å². The summed E-state index contributed by atoms with van der Waals surface area (Å²) in [6.07, 6.45) is -0.642. The third kappa shape index (κ3) is 3.02. The van der Waals surface area contributed by atoms with Gasteiger partial charge in [-0.3, -0.25) is 9.59 Å². The molecule has 0 aromatic heterocycles. The highest BCUT2D eigenvalue weighted by Gasteiger charge is 2.21. The van der Waals surface area contributed by atoms with Crippen molar-refractivity contribution in [3.63, 3.8) is 0 Å². The zero-order valence-electron chi connectivity index (χ0n) is 8.61. The first-order chi connectivity index (χ1) is 7.82. The van der Waals surface area contributed by atoms with Crippen molar-refractivity contribution in [2.24, 2.45) is 0 Å². The monoisotopic (exact) mass is 249 g/mol. The summed E-state index contributed by atoms with van der Waals surface area (Å²) in [6.45, 7) is 1.08. The van der Waals surface area contributed by atoms with E-state index in [0.717, 1.165) is 6.92 Å². The summed E-state index contributed by atoms with van der Waals surface area (Å²) in [5.41, 5.74) is -1.24. The number of benzene rings is 1. The highest BCUT2D eigenvalue weighted by atomic mass is 19.2. The lowest BCUT2D eigenvalue weighted by Crippen LogP contribution is -2.17. The molecule has 0 saturated heterocycles. The fraction of sp³-hybridized carbons (Fsp3) is 0.200. The van der Waals surface area contributed by atoms with Gasteiger partial charge in [-0.05, 0) is 6.92 Å². The minimum Gasteiger partial charge on any atom is -0.321 e. The van der Waals surface area contributed by atoms with Crippen LogP contribution in [0.5, 0.6) is 0 Å². The first-order valence-corrected chi connectivity index (χ1v) is 4.45. The van der Waals surface area contributed by atoms with Gasteiger partial charge in [0.15, 0.2) is 23.3 Å². The number of ketones is 1. The van der Waals surface area contributed by atoms with Gasteiger partial charge < -0.3 is 5.32 Å². The molecule has 0 atom stereocenters. The second kappa shape index (κ2) is 4.94. The van der Waals surface area contributed by atoms with Crippen molar-refractivity contribution in [3.05, 3.63) is 29.3 Å². The van der Waals surface area contributed by atoms with Crippen molar-refractivity contribution in [2.45, 2.75) is 13.3 Å². The molecule has 92 valence electrons. The Morgan fingerprint density at radius 2 is 1.59 bits per heavy atom. The number of hydrogen-bond acceptors (Lipinski definition) is 2. The van der Waals surface area contributed by atoms with E-state index in [-0.39, 0.29) is 6.07 Å². The fourth-order valence-corrected chi connectivity index (χ4v) is 1.09. The first kappa shape index (κ1) is 13.1. The number of amides is 1. The molecule has 0 heterocycles. The Kier molecular flexibility index (Phi) is 3.82. The molecule has 0 fully saturated rings. The summed E-state index contributed by atoms with van der Waals surface area (Å²) in [4.78, 5) is 21.6. The van der Waals surface area contributed by atoms with Crippen LogP contribution in [-0.4, -0.2) is 11.7 Å². The van der Waals surface area contributed by atoms with E-state index in [0.29, 0.717) is 0 Å². The molecule has 0 radical (unpaired) electrons. The van der Waals surface area contributed by atoms with E-state index < -0.39 is 47.1 Å². The van der Waals surface area contributed by atoms with E-state index in [1.54, 1.807) is 5.32 Å². The van der Waals surface area contributed by atoms with E-state index in [9.17, 15) is 27.2 Å². The number of carbonyl (C=O) groups is 2. The molecule has 0 unspecified atom stereocenters. The lowest BCUT2D eigenvalue weighted by atomic mass is 10.2. The molecular weight excluding hydrogens is 242 g/mol. The average molecular weight is 249 g/mol. The number of hydrogen-bond donors (Lipinski definition) is 1. The van der Waals surface area contributed by atoms with Crippen LogP contribution in [-0.2, 0) is 9.59 Å². The molecule has 1 aromatic carbocycles. The number of nitrogens with one attached hydrogen (secondary N) is 1. The molecular formula is C10H7F4NO2. The van der Waals surface area contributed by atoms with E-state index in [1.807, 2.05) is 0 Å². The van der Waals surface area contributed by atoms with Gasteiger partial charge >= 0.3 is 0 Å².